The number of thiol groups is 1. The van der Waals surface area contributed by atoms with Gasteiger partial charge in [-0.15, -0.1) is 11.7 Å². The van der Waals surface area contributed by atoms with E-state index in [4.69, 9.17) is 0 Å². The summed E-state index contributed by atoms with van der Waals surface area (Å²) in [6.07, 6.45) is 0. The van der Waals surface area contributed by atoms with E-state index in [-0.39, 0.29) is 0 Å². The molecule has 4 aromatic rings. The van der Waals surface area contributed by atoms with Crippen molar-refractivity contribution in [2.75, 3.05) is 0 Å². The van der Waals surface area contributed by atoms with Crippen molar-refractivity contribution in [3.8, 4) is 0 Å². The van der Waals surface area contributed by atoms with E-state index in [9.17, 15) is 0 Å². The second-order valence-electron chi connectivity index (χ2n) is 4.55. The first kappa shape index (κ1) is 10.5. The average molecular weight is 266 g/mol. The molecule has 0 aliphatic heterocycles. The summed E-state index contributed by atoms with van der Waals surface area (Å²) in [5.74, 6) is 0. The van der Waals surface area contributed by atoms with Gasteiger partial charge < -0.3 is 0 Å². The average Bonchev–Trinajstić information content (AvgIpc) is 2.44. The van der Waals surface area contributed by atoms with Crippen molar-refractivity contribution in [3.63, 3.8) is 0 Å². The first-order valence-electron chi connectivity index (χ1n) is 5.86. The van der Waals surface area contributed by atoms with Crippen LogP contribution in [0.25, 0.3) is 32.3 Å². The smallest absolute Gasteiger partial charge is 0.0192 e. The van der Waals surface area contributed by atoms with Gasteiger partial charge in [0.25, 0.3) is 0 Å². The minimum Gasteiger partial charge on any atom is -0.106 e. The van der Waals surface area contributed by atoms with Gasteiger partial charge >= 0.3 is 0 Å². The maximum Gasteiger partial charge on any atom is 0.0192 e. The van der Waals surface area contributed by atoms with Crippen LogP contribution in [0, 0.1) is 0 Å². The topological polar surface area (TPSA) is 0 Å². The molecule has 4 rings (SSSR count). The van der Waals surface area contributed by atoms with Gasteiger partial charge in [0.1, 0.15) is 0 Å². The van der Waals surface area contributed by atoms with Crippen LogP contribution in [-0.2, 0) is 0 Å². The molecule has 4 aromatic carbocycles. The Balaban J connectivity index is 2.35. The summed E-state index contributed by atoms with van der Waals surface area (Å²) < 4.78 is 0. The Labute approximate surface area is 114 Å². The molecule has 0 saturated carbocycles. The molecule has 86 valence electrons. The second kappa shape index (κ2) is 3.81. The number of rotatable bonds is 1. The minimum absolute atomic E-state index is 1.20. The number of benzene rings is 4. The molecule has 0 aromatic heterocycles. The zero-order chi connectivity index (χ0) is 12.1. The van der Waals surface area contributed by atoms with Crippen molar-refractivity contribution in [1.82, 2.24) is 0 Å². The van der Waals surface area contributed by atoms with Gasteiger partial charge in [-0.3, -0.25) is 0 Å². The van der Waals surface area contributed by atoms with Crippen LogP contribution in [-0.4, -0.2) is 0 Å². The lowest BCUT2D eigenvalue weighted by Crippen LogP contribution is -1.83. The van der Waals surface area contributed by atoms with Gasteiger partial charge in [-0.25, -0.2) is 0 Å². The van der Waals surface area contributed by atoms with Gasteiger partial charge in [0.2, 0.25) is 0 Å². The van der Waals surface area contributed by atoms with E-state index in [1.807, 2.05) is 0 Å². The van der Waals surface area contributed by atoms with E-state index >= 15 is 0 Å². The molecule has 0 aliphatic carbocycles. The molecule has 0 nitrogen and oxygen atoms in total. The van der Waals surface area contributed by atoms with Crippen molar-refractivity contribution in [2.45, 2.75) is 4.90 Å². The highest BCUT2D eigenvalue weighted by molar-refractivity contribution is 8.68. The van der Waals surface area contributed by atoms with E-state index in [0.717, 1.165) is 0 Å². The Morgan fingerprint density at radius 3 is 1.72 bits per heavy atom. The quantitative estimate of drug-likeness (QED) is 0.269. The van der Waals surface area contributed by atoms with Crippen molar-refractivity contribution in [2.24, 2.45) is 0 Å². The SMILES string of the molecule is SSc1cc2ccc3cccc4ccc(c1)c2c34. The van der Waals surface area contributed by atoms with E-state index in [1.165, 1.54) is 48.0 Å². The third-order valence-corrected chi connectivity index (χ3v) is 4.62. The molecule has 0 fully saturated rings. The van der Waals surface area contributed by atoms with Crippen molar-refractivity contribution in [1.29, 1.82) is 0 Å². The summed E-state index contributed by atoms with van der Waals surface area (Å²) in [5.41, 5.74) is 0. The van der Waals surface area contributed by atoms with Crippen LogP contribution in [0.1, 0.15) is 0 Å². The molecular weight excluding hydrogens is 256 g/mol. The number of hydrogen-bond acceptors (Lipinski definition) is 2. The van der Waals surface area contributed by atoms with Crippen molar-refractivity contribution >= 4 is 54.8 Å². The monoisotopic (exact) mass is 266 g/mol. The first-order chi connectivity index (χ1) is 8.86. The third-order valence-electron chi connectivity index (χ3n) is 3.54. The van der Waals surface area contributed by atoms with Gasteiger partial charge in [0, 0.05) is 4.90 Å². The molecule has 0 unspecified atom stereocenters. The van der Waals surface area contributed by atoms with Crippen LogP contribution >= 0.6 is 22.5 Å². The van der Waals surface area contributed by atoms with E-state index in [0.29, 0.717) is 0 Å². The molecule has 2 heteroatoms. The zero-order valence-corrected chi connectivity index (χ0v) is 11.3. The zero-order valence-electron chi connectivity index (χ0n) is 9.55. The second-order valence-corrected chi connectivity index (χ2v) is 5.75. The Bertz CT molecular complexity index is 801. The largest absolute Gasteiger partial charge is 0.106 e. The summed E-state index contributed by atoms with van der Waals surface area (Å²) in [7, 11) is 1.50. The third kappa shape index (κ3) is 1.36. The lowest BCUT2D eigenvalue weighted by atomic mass is 9.94. The van der Waals surface area contributed by atoms with Crippen LogP contribution < -0.4 is 0 Å². The Kier molecular flexibility index (Phi) is 2.23. The summed E-state index contributed by atoms with van der Waals surface area (Å²) >= 11 is 4.30. The van der Waals surface area contributed by atoms with Crippen LogP contribution in [0.3, 0.4) is 0 Å². The number of hydrogen-bond donors (Lipinski definition) is 1. The van der Waals surface area contributed by atoms with Gasteiger partial charge in [0.15, 0.2) is 0 Å². The molecule has 0 radical (unpaired) electrons. The summed E-state index contributed by atoms with van der Waals surface area (Å²) in [6.45, 7) is 0. The van der Waals surface area contributed by atoms with Crippen LogP contribution in [0.15, 0.2) is 59.5 Å². The Hall–Kier alpha value is -1.38. The van der Waals surface area contributed by atoms with Gasteiger partial charge in [-0.05, 0) is 44.5 Å². The minimum atomic E-state index is 1.20. The fourth-order valence-corrected chi connectivity index (χ4v) is 3.45. The fraction of sp³-hybridized carbons (Fsp3) is 0. The lowest BCUT2D eigenvalue weighted by molar-refractivity contribution is 1.55. The van der Waals surface area contributed by atoms with Crippen LogP contribution in [0.5, 0.6) is 0 Å². The molecule has 0 heterocycles. The predicted octanol–water partition coefficient (Wildman–Crippen LogP) is 5.52. The van der Waals surface area contributed by atoms with E-state index in [2.05, 4.69) is 66.3 Å². The molecule has 0 aliphatic rings. The molecule has 0 bridgehead atoms. The van der Waals surface area contributed by atoms with Crippen molar-refractivity contribution in [3.05, 3.63) is 54.6 Å². The highest BCUT2D eigenvalue weighted by Crippen LogP contribution is 2.37. The maximum atomic E-state index is 4.30. The maximum absolute atomic E-state index is 4.30. The highest BCUT2D eigenvalue weighted by atomic mass is 33.1. The van der Waals surface area contributed by atoms with Gasteiger partial charge in [-0.2, -0.15) is 0 Å². The molecule has 0 N–H and O–H groups in total. The van der Waals surface area contributed by atoms with E-state index < -0.39 is 0 Å². The Morgan fingerprint density at radius 2 is 1.17 bits per heavy atom. The standard InChI is InChI=1S/C16H10S2/c17-18-14-8-12-6-4-10-2-1-3-11-5-7-13(9-14)16(12)15(10)11/h1-9,17H. The Morgan fingerprint density at radius 1 is 0.667 bits per heavy atom. The predicted molar refractivity (Wildman–Crippen MR) is 85.0 cm³/mol. The summed E-state index contributed by atoms with van der Waals surface area (Å²) in [6, 6.07) is 19.7. The van der Waals surface area contributed by atoms with Crippen LogP contribution in [0.2, 0.25) is 0 Å². The van der Waals surface area contributed by atoms with Gasteiger partial charge in [0.05, 0.1) is 0 Å². The normalized spacial score (nSPS) is 11.8. The molecule has 18 heavy (non-hydrogen) atoms. The van der Waals surface area contributed by atoms with Gasteiger partial charge in [-0.1, -0.05) is 53.3 Å². The molecule has 0 saturated heterocycles. The summed E-state index contributed by atoms with van der Waals surface area (Å²) in [5, 5.41) is 7.98. The summed E-state index contributed by atoms with van der Waals surface area (Å²) in [4.78, 5) is 1.20. The fourth-order valence-electron chi connectivity index (χ4n) is 2.78. The lowest BCUT2D eigenvalue weighted by Gasteiger charge is -2.11. The molecule has 0 amide bonds. The molecule has 0 spiro atoms. The first-order valence-corrected chi connectivity index (χ1v) is 7.73. The molecule has 0 atom stereocenters. The van der Waals surface area contributed by atoms with E-state index in [1.54, 1.807) is 0 Å². The highest BCUT2D eigenvalue weighted by Gasteiger charge is 2.08. The van der Waals surface area contributed by atoms with Crippen molar-refractivity contribution < 1.29 is 0 Å². The van der Waals surface area contributed by atoms with Crippen LogP contribution in [0.4, 0.5) is 0 Å². The molecular formula is C16H10S2.